The smallest absolute Gasteiger partial charge is 0.000139 e. The lowest BCUT2D eigenvalue weighted by Crippen LogP contribution is -1.98. The summed E-state index contributed by atoms with van der Waals surface area (Å²) in [5.41, 5.74) is 27.7. The van der Waals surface area contributed by atoms with E-state index in [4.69, 9.17) is 0 Å². The van der Waals surface area contributed by atoms with Crippen LogP contribution < -0.4 is 0 Å². The Morgan fingerprint density at radius 2 is 0.244 bits per heavy atom. The molecule has 0 aliphatic heterocycles. The quantitative estimate of drug-likeness (QED) is 0.133. The summed E-state index contributed by atoms with van der Waals surface area (Å²) in [7, 11) is 0. The molecule has 428 valence electrons. The van der Waals surface area contributed by atoms with Crippen LogP contribution in [0.5, 0.6) is 0 Å². The molecule has 0 aliphatic rings. The summed E-state index contributed by atoms with van der Waals surface area (Å²) in [5.74, 6) is 0. The van der Waals surface area contributed by atoms with E-state index in [-0.39, 0.29) is 0 Å². The highest BCUT2D eigenvalue weighted by Gasteiger charge is 2.28. The number of fused-ring (bicyclic) bond motifs is 6. The fourth-order valence-electron chi connectivity index (χ4n) is 14.2. The van der Waals surface area contributed by atoms with Gasteiger partial charge in [-0.25, -0.2) is 0 Å². The van der Waals surface area contributed by atoms with Crippen LogP contribution in [0.25, 0.3) is 154 Å². The van der Waals surface area contributed by atoms with Gasteiger partial charge in [0.25, 0.3) is 0 Å². The highest BCUT2D eigenvalue weighted by Crippen LogP contribution is 2.56. The summed E-state index contributed by atoms with van der Waals surface area (Å²) in [6.07, 6.45) is 0. The third kappa shape index (κ3) is 9.83. The molecule has 0 spiro atoms. The summed E-state index contributed by atoms with van der Waals surface area (Å²) >= 11 is 0. The maximum absolute atomic E-state index is 2.32. The van der Waals surface area contributed by atoms with Gasteiger partial charge >= 0.3 is 0 Å². The van der Waals surface area contributed by atoms with E-state index in [1.54, 1.807) is 0 Å². The molecular formula is C90H68. The molecule has 0 atom stereocenters. The van der Waals surface area contributed by atoms with Crippen LogP contribution in [-0.2, 0) is 0 Å². The number of benzene rings is 16. The highest BCUT2D eigenvalue weighted by molar-refractivity contribution is 6.35. The lowest BCUT2D eigenvalue weighted by molar-refractivity contribution is 1.47. The topological polar surface area (TPSA) is 0 Å². The van der Waals surface area contributed by atoms with Crippen molar-refractivity contribution in [3.05, 3.63) is 337 Å². The van der Waals surface area contributed by atoms with E-state index < -0.39 is 0 Å². The Kier molecular flexibility index (Phi) is 14.4. The Morgan fingerprint density at radius 3 is 0.389 bits per heavy atom. The minimum absolute atomic E-state index is 1.23. The molecule has 0 nitrogen and oxygen atoms in total. The second-order valence-electron chi connectivity index (χ2n) is 24.6. The molecule has 0 bridgehead atoms. The minimum atomic E-state index is 1.23. The van der Waals surface area contributed by atoms with Gasteiger partial charge < -0.3 is 0 Å². The molecule has 0 unspecified atom stereocenters. The number of hydrogen-bond acceptors (Lipinski definition) is 0. The first-order valence-electron chi connectivity index (χ1n) is 31.6. The average molecular weight is 1150 g/mol. The van der Waals surface area contributed by atoms with Crippen molar-refractivity contribution in [3.8, 4) is 89.0 Å². The maximum atomic E-state index is 2.32. The molecule has 0 heterocycles. The van der Waals surface area contributed by atoms with Gasteiger partial charge in [-0.2, -0.15) is 0 Å². The van der Waals surface area contributed by atoms with Gasteiger partial charge in [-0.15, -0.1) is 0 Å². The molecular weight excluding hydrogens is 1080 g/mol. The Bertz CT molecular complexity index is 4860. The van der Waals surface area contributed by atoms with Crippen molar-refractivity contribution in [2.75, 3.05) is 0 Å². The largest absolute Gasteiger partial charge is 0.0622 e. The van der Waals surface area contributed by atoms with Crippen molar-refractivity contribution in [1.29, 1.82) is 0 Å². The van der Waals surface area contributed by atoms with Gasteiger partial charge in [0, 0.05) is 0 Å². The van der Waals surface area contributed by atoms with Crippen LogP contribution >= 0.6 is 0 Å². The zero-order chi connectivity index (χ0) is 61.0. The van der Waals surface area contributed by atoms with Gasteiger partial charge in [-0.3, -0.25) is 0 Å². The molecule has 90 heavy (non-hydrogen) atoms. The number of aryl methyl sites for hydroxylation is 6. The molecule has 0 aliphatic carbocycles. The van der Waals surface area contributed by atoms with Gasteiger partial charge in [0.05, 0.1) is 0 Å². The van der Waals surface area contributed by atoms with E-state index in [9.17, 15) is 0 Å². The summed E-state index contributed by atoms with van der Waals surface area (Å²) in [5, 5.41) is 15.4. The van der Waals surface area contributed by atoms with Crippen LogP contribution in [-0.4, -0.2) is 0 Å². The van der Waals surface area contributed by atoms with Crippen LogP contribution in [0.4, 0.5) is 0 Å². The summed E-state index contributed by atoms with van der Waals surface area (Å²) < 4.78 is 0. The molecule has 0 fully saturated rings. The lowest BCUT2D eigenvalue weighted by atomic mass is 9.77. The van der Waals surface area contributed by atoms with E-state index in [0.717, 1.165) is 0 Å². The van der Waals surface area contributed by atoms with Crippen LogP contribution in [0.1, 0.15) is 33.4 Å². The van der Waals surface area contributed by atoms with Crippen LogP contribution in [0.15, 0.2) is 303 Å². The second-order valence-corrected chi connectivity index (χ2v) is 24.6. The van der Waals surface area contributed by atoms with E-state index >= 15 is 0 Å². The normalized spacial score (nSPS) is 11.4. The molecule has 0 amide bonds. The summed E-state index contributed by atoms with van der Waals surface area (Å²) in [6.45, 7) is 13.0. The van der Waals surface area contributed by atoms with Gasteiger partial charge in [0.15, 0.2) is 0 Å². The Hall–Kier alpha value is -10.9. The molecule has 0 saturated carbocycles. The first-order valence-corrected chi connectivity index (χ1v) is 31.6. The predicted octanol–water partition coefficient (Wildman–Crippen LogP) is 25.5. The zero-order valence-corrected chi connectivity index (χ0v) is 51.9. The van der Waals surface area contributed by atoms with Crippen LogP contribution in [0.2, 0.25) is 0 Å². The van der Waals surface area contributed by atoms with Crippen molar-refractivity contribution in [2.45, 2.75) is 41.5 Å². The standard InChI is InChI=1S/C46H36.C44H32/c1-29-13-21-33(22-14-29)41-37-9-5-6-10-38(37)43(35-25-17-31(3)18-26-35)46-44(36-27-19-32(4)20-28-36)40-12-8-7-11-39(40)42(45(41)46)34-23-15-30(2)16-24-34;1-29-21-25-33(26-22-29)41-37-19-11-12-20-38(37)42(34-27-23-30(2)24-28-34)44-40(32-15-7-4-8-16-32)36-18-10-9-17-35(36)39(43(41)44)31-13-5-3-6-14-31/h5-28H,1-4H3;3-28H,1-2H3. The summed E-state index contributed by atoms with van der Waals surface area (Å²) in [6, 6.07) is 113. The predicted molar refractivity (Wildman–Crippen MR) is 390 cm³/mol. The molecule has 0 N–H and O–H groups in total. The monoisotopic (exact) mass is 1150 g/mol. The average Bonchev–Trinajstić information content (AvgIpc) is 0.715. The zero-order valence-electron chi connectivity index (χ0n) is 51.9. The molecule has 0 saturated heterocycles. The third-order valence-corrected chi connectivity index (χ3v) is 18.5. The van der Waals surface area contributed by atoms with Crippen molar-refractivity contribution in [3.63, 3.8) is 0 Å². The Labute approximate surface area is 528 Å². The molecule has 0 radical (unpaired) electrons. The van der Waals surface area contributed by atoms with Crippen LogP contribution in [0.3, 0.4) is 0 Å². The van der Waals surface area contributed by atoms with Crippen molar-refractivity contribution in [1.82, 2.24) is 0 Å². The lowest BCUT2D eigenvalue weighted by Gasteiger charge is -2.25. The molecule has 16 rings (SSSR count). The van der Waals surface area contributed by atoms with Gasteiger partial charge in [0.1, 0.15) is 0 Å². The number of rotatable bonds is 8. The van der Waals surface area contributed by atoms with E-state index in [1.807, 2.05) is 0 Å². The minimum Gasteiger partial charge on any atom is -0.0622 e. The fraction of sp³-hybridized carbons (Fsp3) is 0.0667. The van der Waals surface area contributed by atoms with Gasteiger partial charge in [-0.05, 0) is 195 Å². The van der Waals surface area contributed by atoms with Gasteiger partial charge in [-0.1, -0.05) is 337 Å². The van der Waals surface area contributed by atoms with Crippen molar-refractivity contribution < 1.29 is 0 Å². The first-order chi connectivity index (χ1) is 44.2. The van der Waals surface area contributed by atoms with Gasteiger partial charge in [0.2, 0.25) is 0 Å². The van der Waals surface area contributed by atoms with Crippen molar-refractivity contribution in [2.24, 2.45) is 0 Å². The second kappa shape index (κ2) is 23.3. The maximum Gasteiger partial charge on any atom is -0.000139 e. The fourth-order valence-corrected chi connectivity index (χ4v) is 14.2. The Balaban J connectivity index is 0.000000150. The van der Waals surface area contributed by atoms with E-state index in [0.29, 0.717) is 0 Å². The SMILES string of the molecule is Cc1ccc(-c2c3ccccc3c(-c3ccc(C)cc3)c3c(-c4ccc(C)cc4)c4ccccc4c(-c4ccc(C)cc4)c23)cc1.Cc1ccc(-c2c3ccccc3c(-c3ccc(C)cc3)c3c(-c4ccccc4)c4ccccc4c(-c4ccccc4)c23)cc1. The summed E-state index contributed by atoms with van der Waals surface area (Å²) in [4.78, 5) is 0. The molecule has 16 aromatic rings. The van der Waals surface area contributed by atoms with E-state index in [2.05, 4.69) is 345 Å². The van der Waals surface area contributed by atoms with Crippen LogP contribution in [0, 0.1) is 41.5 Å². The first kappa shape index (κ1) is 55.6. The Morgan fingerprint density at radius 1 is 0.122 bits per heavy atom. The molecule has 0 heteroatoms. The molecule has 16 aromatic carbocycles. The number of hydrogen-bond donors (Lipinski definition) is 0. The van der Waals surface area contributed by atoms with E-state index in [1.165, 1.54) is 187 Å². The third-order valence-electron chi connectivity index (χ3n) is 18.5. The van der Waals surface area contributed by atoms with Crippen molar-refractivity contribution >= 4 is 64.6 Å². The highest BCUT2D eigenvalue weighted by atomic mass is 14.3. The molecule has 0 aromatic heterocycles.